The number of unbranched alkanes of at least 4 members (excludes halogenated alkanes) is 1. The van der Waals surface area contributed by atoms with E-state index >= 15 is 0 Å². The van der Waals surface area contributed by atoms with Crippen molar-refractivity contribution in [3.05, 3.63) is 50.4 Å². The number of benzene rings is 1. The third-order valence-corrected chi connectivity index (χ3v) is 4.31. The first kappa shape index (κ1) is 20.6. The number of hydrogen-bond acceptors (Lipinski definition) is 4. The van der Waals surface area contributed by atoms with E-state index in [-0.39, 0.29) is 22.9 Å². The van der Waals surface area contributed by atoms with Crippen molar-refractivity contribution < 1.29 is 9.47 Å². The number of nitrogens with zero attached hydrogens (tertiary/aromatic N) is 2. The van der Waals surface area contributed by atoms with Gasteiger partial charge in [0.05, 0.1) is 23.4 Å². The maximum atomic E-state index is 12.3. The van der Waals surface area contributed by atoms with Gasteiger partial charge < -0.3 is 9.47 Å². The van der Waals surface area contributed by atoms with E-state index in [4.69, 9.17) is 32.7 Å². The molecule has 0 spiro atoms. The van der Waals surface area contributed by atoms with Gasteiger partial charge in [-0.1, -0.05) is 42.6 Å². The van der Waals surface area contributed by atoms with Crippen molar-refractivity contribution in [2.75, 3.05) is 6.61 Å². The Balaban J connectivity index is 2.08. The molecule has 1 aromatic heterocycles. The Kier molecular flexibility index (Phi) is 6.95. The van der Waals surface area contributed by atoms with E-state index in [1.54, 1.807) is 6.07 Å². The van der Waals surface area contributed by atoms with Crippen molar-refractivity contribution in [1.82, 2.24) is 9.78 Å². The van der Waals surface area contributed by atoms with Crippen LogP contribution in [-0.2, 0) is 12.1 Å². The zero-order valence-corrected chi connectivity index (χ0v) is 17.0. The molecule has 0 N–H and O–H groups in total. The highest BCUT2D eigenvalue weighted by molar-refractivity contribution is 6.32. The molecule has 7 heteroatoms. The molecule has 0 saturated heterocycles. The highest BCUT2D eigenvalue weighted by Gasteiger charge is 2.20. The van der Waals surface area contributed by atoms with Crippen LogP contribution in [0, 0.1) is 0 Å². The van der Waals surface area contributed by atoms with Crippen LogP contribution in [0.4, 0.5) is 0 Å². The Labute approximate surface area is 163 Å². The topological polar surface area (TPSA) is 53.4 Å². The van der Waals surface area contributed by atoms with E-state index in [1.165, 1.54) is 10.9 Å². The molecule has 0 radical (unpaired) electrons. The summed E-state index contributed by atoms with van der Waals surface area (Å²) < 4.78 is 12.6. The average Bonchev–Trinajstić information content (AvgIpc) is 2.57. The predicted octanol–water partition coefficient (Wildman–Crippen LogP) is 5.06. The predicted molar refractivity (Wildman–Crippen MR) is 105 cm³/mol. The lowest BCUT2D eigenvalue weighted by Gasteiger charge is -2.21. The van der Waals surface area contributed by atoms with Crippen LogP contribution in [0.25, 0.3) is 0 Å². The normalized spacial score (nSPS) is 11.5. The van der Waals surface area contributed by atoms with Crippen LogP contribution in [0.15, 0.2) is 29.2 Å². The molecule has 0 bridgehead atoms. The second-order valence-corrected chi connectivity index (χ2v) is 7.75. The first-order valence-electron chi connectivity index (χ1n) is 8.56. The van der Waals surface area contributed by atoms with Crippen LogP contribution in [0.2, 0.25) is 10.0 Å². The van der Waals surface area contributed by atoms with Crippen LogP contribution < -0.4 is 15.0 Å². The summed E-state index contributed by atoms with van der Waals surface area (Å²) in [4.78, 5) is 12.3. The van der Waals surface area contributed by atoms with Gasteiger partial charge in [-0.2, -0.15) is 5.10 Å². The molecule has 5 nitrogen and oxygen atoms in total. The Morgan fingerprint density at radius 3 is 2.50 bits per heavy atom. The Hall–Kier alpha value is -1.72. The summed E-state index contributed by atoms with van der Waals surface area (Å²) >= 11 is 12.4. The quantitative estimate of drug-likeness (QED) is 0.611. The SMILES string of the molecule is CCCCOc1ccc(COc2cnn(C(C)(C)C)c(=O)c2Cl)cc1Cl. The number of halogens is 2. The fraction of sp³-hybridized carbons (Fsp3) is 0.474. The van der Waals surface area contributed by atoms with Gasteiger partial charge in [-0.3, -0.25) is 4.79 Å². The lowest BCUT2D eigenvalue weighted by Crippen LogP contribution is -2.36. The molecule has 2 aromatic rings. The third kappa shape index (κ3) is 5.15. The van der Waals surface area contributed by atoms with Crippen LogP contribution in [0.5, 0.6) is 11.5 Å². The molecule has 0 atom stereocenters. The monoisotopic (exact) mass is 398 g/mol. The molecule has 0 saturated carbocycles. The standard InChI is InChI=1S/C19H24Cl2N2O3/c1-5-6-9-25-15-8-7-13(10-14(15)20)12-26-16-11-22-23(19(2,3)4)18(24)17(16)21/h7-8,10-11H,5-6,9,12H2,1-4H3. The van der Waals surface area contributed by atoms with E-state index in [0.29, 0.717) is 17.4 Å². The molecule has 1 aromatic carbocycles. The maximum absolute atomic E-state index is 12.3. The number of ether oxygens (including phenoxy) is 2. The Morgan fingerprint density at radius 1 is 1.15 bits per heavy atom. The molecule has 26 heavy (non-hydrogen) atoms. The molecule has 0 fully saturated rings. The van der Waals surface area contributed by atoms with E-state index in [0.717, 1.165) is 18.4 Å². The van der Waals surface area contributed by atoms with Crippen molar-refractivity contribution in [3.63, 3.8) is 0 Å². The minimum Gasteiger partial charge on any atom is -0.492 e. The molecular weight excluding hydrogens is 375 g/mol. The Morgan fingerprint density at radius 2 is 1.88 bits per heavy atom. The van der Waals surface area contributed by atoms with Gasteiger partial charge in [0.25, 0.3) is 5.56 Å². The summed E-state index contributed by atoms with van der Waals surface area (Å²) in [5, 5.41) is 4.68. The fourth-order valence-corrected chi connectivity index (χ4v) is 2.68. The first-order chi connectivity index (χ1) is 12.2. The van der Waals surface area contributed by atoms with E-state index < -0.39 is 5.54 Å². The summed E-state index contributed by atoms with van der Waals surface area (Å²) in [5.74, 6) is 0.896. The summed E-state index contributed by atoms with van der Waals surface area (Å²) in [6.07, 6.45) is 3.50. The summed E-state index contributed by atoms with van der Waals surface area (Å²) in [7, 11) is 0. The number of rotatable bonds is 7. The van der Waals surface area contributed by atoms with Crippen molar-refractivity contribution in [2.45, 2.75) is 52.7 Å². The van der Waals surface area contributed by atoms with Gasteiger partial charge in [-0.15, -0.1) is 0 Å². The van der Waals surface area contributed by atoms with Gasteiger partial charge in [0, 0.05) is 0 Å². The first-order valence-corrected chi connectivity index (χ1v) is 9.32. The van der Waals surface area contributed by atoms with Crippen LogP contribution in [0.3, 0.4) is 0 Å². The smallest absolute Gasteiger partial charge is 0.289 e. The summed E-state index contributed by atoms with van der Waals surface area (Å²) in [6, 6.07) is 5.46. The van der Waals surface area contributed by atoms with E-state index in [1.807, 2.05) is 32.9 Å². The maximum Gasteiger partial charge on any atom is 0.289 e. The fourth-order valence-electron chi connectivity index (χ4n) is 2.23. The molecule has 0 aliphatic carbocycles. The largest absolute Gasteiger partial charge is 0.492 e. The molecular formula is C19H24Cl2N2O3. The molecule has 0 amide bonds. The molecule has 2 rings (SSSR count). The molecule has 0 unspecified atom stereocenters. The molecule has 1 heterocycles. The highest BCUT2D eigenvalue weighted by atomic mass is 35.5. The lowest BCUT2D eigenvalue weighted by molar-refractivity contribution is 0.291. The summed E-state index contributed by atoms with van der Waals surface area (Å²) in [5.41, 5.74) is 0.00342. The van der Waals surface area contributed by atoms with Crippen LogP contribution in [0.1, 0.15) is 46.1 Å². The van der Waals surface area contributed by atoms with Crippen molar-refractivity contribution in [1.29, 1.82) is 0 Å². The minimum atomic E-state index is -0.458. The average molecular weight is 399 g/mol. The van der Waals surface area contributed by atoms with Crippen LogP contribution in [-0.4, -0.2) is 16.4 Å². The van der Waals surface area contributed by atoms with Crippen molar-refractivity contribution in [2.24, 2.45) is 0 Å². The number of hydrogen-bond donors (Lipinski definition) is 0. The minimum absolute atomic E-state index is 0.0144. The Bertz CT molecular complexity index is 813. The van der Waals surface area contributed by atoms with Gasteiger partial charge >= 0.3 is 0 Å². The van der Waals surface area contributed by atoms with Gasteiger partial charge in [0.1, 0.15) is 12.4 Å². The van der Waals surface area contributed by atoms with Gasteiger partial charge in [0.15, 0.2) is 10.8 Å². The third-order valence-electron chi connectivity index (χ3n) is 3.67. The zero-order chi connectivity index (χ0) is 19.3. The molecule has 0 aliphatic rings. The van der Waals surface area contributed by atoms with Crippen LogP contribution >= 0.6 is 23.2 Å². The van der Waals surface area contributed by atoms with Gasteiger partial charge in [0.2, 0.25) is 0 Å². The van der Waals surface area contributed by atoms with Crippen molar-refractivity contribution >= 4 is 23.2 Å². The van der Waals surface area contributed by atoms with E-state index in [2.05, 4.69) is 12.0 Å². The second-order valence-electron chi connectivity index (χ2n) is 6.97. The highest BCUT2D eigenvalue weighted by Crippen LogP contribution is 2.27. The summed E-state index contributed by atoms with van der Waals surface area (Å²) in [6.45, 7) is 8.59. The number of aromatic nitrogens is 2. The lowest BCUT2D eigenvalue weighted by atomic mass is 10.1. The van der Waals surface area contributed by atoms with Crippen molar-refractivity contribution in [3.8, 4) is 11.5 Å². The zero-order valence-electron chi connectivity index (χ0n) is 15.5. The van der Waals surface area contributed by atoms with Gasteiger partial charge in [-0.25, -0.2) is 4.68 Å². The van der Waals surface area contributed by atoms with Gasteiger partial charge in [-0.05, 0) is 44.9 Å². The molecule has 0 aliphatic heterocycles. The second kappa shape index (κ2) is 8.78. The molecule has 142 valence electrons. The van der Waals surface area contributed by atoms with E-state index in [9.17, 15) is 4.79 Å².